The van der Waals surface area contributed by atoms with Crippen molar-refractivity contribution < 1.29 is 19.7 Å². The molecule has 0 unspecified atom stereocenters. The summed E-state index contributed by atoms with van der Waals surface area (Å²) in [6.45, 7) is 2.57. The zero-order valence-corrected chi connectivity index (χ0v) is 17.6. The molecule has 1 aromatic carbocycles. The summed E-state index contributed by atoms with van der Waals surface area (Å²) >= 11 is 7.86. The van der Waals surface area contributed by atoms with Gasteiger partial charge in [-0.3, -0.25) is 0 Å². The quantitative estimate of drug-likeness (QED) is 0.557. The third kappa shape index (κ3) is 5.28. The van der Waals surface area contributed by atoms with E-state index in [-0.39, 0.29) is 17.2 Å². The molecule has 1 aliphatic carbocycles. The van der Waals surface area contributed by atoms with Crippen molar-refractivity contribution in [3.05, 3.63) is 51.7 Å². The monoisotopic (exact) mass is 422 g/mol. The zero-order chi connectivity index (χ0) is 20.1. The smallest absolute Gasteiger partial charge is 0.345 e. The summed E-state index contributed by atoms with van der Waals surface area (Å²) in [6.07, 6.45) is 3.76. The number of hydrogen-bond donors (Lipinski definition) is 2. The highest BCUT2D eigenvalue weighted by molar-refractivity contribution is 7.13. The molecule has 2 N–H and O–H groups in total. The van der Waals surface area contributed by atoms with Gasteiger partial charge in [0.25, 0.3) is 0 Å². The van der Waals surface area contributed by atoms with Crippen molar-refractivity contribution in [1.29, 1.82) is 0 Å². The summed E-state index contributed by atoms with van der Waals surface area (Å²) in [6, 6.07) is 11.6. The molecule has 2 aromatic rings. The summed E-state index contributed by atoms with van der Waals surface area (Å²) in [7, 11) is 0. The molecular weight excluding hydrogens is 396 g/mol. The molecule has 1 heterocycles. The molecule has 1 aromatic heterocycles. The highest BCUT2D eigenvalue weighted by Crippen LogP contribution is 2.39. The second-order valence-corrected chi connectivity index (χ2v) is 9.15. The number of alkyl halides is 1. The summed E-state index contributed by atoms with van der Waals surface area (Å²) in [5.74, 6) is 0.180. The third-order valence-corrected chi connectivity index (χ3v) is 7.19. The number of aromatic carboxylic acids is 1. The van der Waals surface area contributed by atoms with Crippen LogP contribution in [-0.2, 0) is 12.8 Å². The van der Waals surface area contributed by atoms with Gasteiger partial charge in [-0.25, -0.2) is 4.79 Å². The van der Waals surface area contributed by atoms with Gasteiger partial charge < -0.3 is 14.9 Å². The number of thiophene rings is 1. The number of carboxylic acids is 1. The predicted octanol–water partition coefficient (Wildman–Crippen LogP) is 5.01. The summed E-state index contributed by atoms with van der Waals surface area (Å²) in [5.41, 5.74) is 1.23. The zero-order valence-electron chi connectivity index (χ0n) is 16.0. The van der Waals surface area contributed by atoms with Gasteiger partial charge in [-0.1, -0.05) is 19.1 Å². The number of aliphatic hydroxyl groups excluding tert-OH is 1. The third-order valence-electron chi connectivity index (χ3n) is 5.56. The van der Waals surface area contributed by atoms with Gasteiger partial charge in [0, 0.05) is 16.2 Å². The van der Waals surface area contributed by atoms with Crippen molar-refractivity contribution in [2.45, 2.75) is 50.5 Å². The van der Waals surface area contributed by atoms with Crippen molar-refractivity contribution in [3.63, 3.8) is 0 Å². The molecule has 0 saturated heterocycles. The van der Waals surface area contributed by atoms with Crippen LogP contribution in [0, 0.1) is 11.8 Å². The first-order valence-electron chi connectivity index (χ1n) is 9.83. The topological polar surface area (TPSA) is 66.8 Å². The maximum atomic E-state index is 11.0. The van der Waals surface area contributed by atoms with E-state index in [2.05, 4.69) is 13.0 Å². The first-order chi connectivity index (χ1) is 13.5. The molecule has 0 spiro atoms. The Morgan fingerprint density at radius 3 is 2.82 bits per heavy atom. The Morgan fingerprint density at radius 1 is 1.29 bits per heavy atom. The Kier molecular flexibility index (Phi) is 7.38. The first kappa shape index (κ1) is 21.2. The van der Waals surface area contributed by atoms with Crippen LogP contribution in [0.4, 0.5) is 0 Å². The van der Waals surface area contributed by atoms with Crippen molar-refractivity contribution in [3.8, 4) is 5.75 Å². The van der Waals surface area contributed by atoms with Crippen molar-refractivity contribution in [2.75, 3.05) is 6.61 Å². The Balaban J connectivity index is 1.54. The first-order valence-corrected chi connectivity index (χ1v) is 11.1. The SMILES string of the molecule is CCc1cccc(OC[C@@H]2[C@@H](CCCc3ccc(C(=O)O)s3)[C@@H](Cl)C[C@H]2O)c1. The maximum Gasteiger partial charge on any atom is 0.345 e. The van der Waals surface area contributed by atoms with Gasteiger partial charge in [0.05, 0.1) is 12.7 Å². The van der Waals surface area contributed by atoms with Gasteiger partial charge >= 0.3 is 5.97 Å². The van der Waals surface area contributed by atoms with E-state index < -0.39 is 12.1 Å². The Hall–Kier alpha value is -1.56. The van der Waals surface area contributed by atoms with Gasteiger partial charge in [-0.2, -0.15) is 0 Å². The van der Waals surface area contributed by atoms with Crippen LogP contribution in [0.5, 0.6) is 5.75 Å². The number of rotatable bonds is 9. The van der Waals surface area contributed by atoms with Crippen molar-refractivity contribution >= 4 is 28.9 Å². The lowest BCUT2D eigenvalue weighted by Crippen LogP contribution is -2.27. The number of hydrogen-bond acceptors (Lipinski definition) is 4. The molecule has 4 atom stereocenters. The molecule has 1 saturated carbocycles. The molecule has 28 heavy (non-hydrogen) atoms. The van der Waals surface area contributed by atoms with Crippen LogP contribution in [0.2, 0.25) is 0 Å². The largest absolute Gasteiger partial charge is 0.493 e. The molecular formula is C22H27ClO4S. The Morgan fingerprint density at radius 2 is 2.11 bits per heavy atom. The number of ether oxygens (including phenoxy) is 1. The number of benzene rings is 1. The number of carboxylic acid groups (broad SMARTS) is 1. The average molecular weight is 423 g/mol. The number of carbonyl (C=O) groups is 1. The molecule has 4 nitrogen and oxygen atoms in total. The minimum Gasteiger partial charge on any atom is -0.493 e. The molecule has 0 aliphatic heterocycles. The number of aliphatic hydroxyl groups is 1. The lowest BCUT2D eigenvalue weighted by atomic mass is 9.90. The lowest BCUT2D eigenvalue weighted by Gasteiger charge is -2.23. The van der Waals surface area contributed by atoms with Gasteiger partial charge in [0.1, 0.15) is 10.6 Å². The molecule has 3 rings (SSSR count). The van der Waals surface area contributed by atoms with Crippen LogP contribution in [0.3, 0.4) is 0 Å². The van der Waals surface area contributed by atoms with Gasteiger partial charge in [-0.15, -0.1) is 22.9 Å². The van der Waals surface area contributed by atoms with Crippen LogP contribution in [0.25, 0.3) is 0 Å². The van der Waals surface area contributed by atoms with E-state index in [1.165, 1.54) is 16.9 Å². The van der Waals surface area contributed by atoms with Crippen molar-refractivity contribution in [2.24, 2.45) is 11.8 Å². The van der Waals surface area contributed by atoms with Crippen LogP contribution in [0.15, 0.2) is 36.4 Å². The van der Waals surface area contributed by atoms with Gasteiger partial charge in [-0.05, 0) is 67.9 Å². The van der Waals surface area contributed by atoms with Crippen molar-refractivity contribution in [1.82, 2.24) is 0 Å². The normalized spacial score (nSPS) is 24.4. The molecule has 0 bridgehead atoms. The summed E-state index contributed by atoms with van der Waals surface area (Å²) in [5, 5.41) is 19.4. The van der Waals surface area contributed by atoms with E-state index in [0.29, 0.717) is 17.9 Å². The second kappa shape index (κ2) is 9.77. The van der Waals surface area contributed by atoms with Crippen LogP contribution < -0.4 is 4.74 Å². The maximum absolute atomic E-state index is 11.0. The average Bonchev–Trinajstić information content (AvgIpc) is 3.25. The number of halogens is 1. The van der Waals surface area contributed by atoms with E-state index in [1.807, 2.05) is 24.3 Å². The lowest BCUT2D eigenvalue weighted by molar-refractivity contribution is 0.0701. The standard InChI is InChI=1S/C22H27ClO4S/c1-2-14-5-3-6-15(11-14)27-13-18-17(19(23)12-20(18)24)8-4-7-16-9-10-21(28-16)22(25)26/h3,5-6,9-11,17-20,24H,2,4,7-8,12-13H2,1H3,(H,25,26)/t17-,18-,19+,20-/m1/s1. The van der Waals surface area contributed by atoms with Crippen LogP contribution >= 0.6 is 22.9 Å². The Labute approximate surface area is 175 Å². The summed E-state index contributed by atoms with van der Waals surface area (Å²) < 4.78 is 5.99. The van der Waals surface area contributed by atoms with E-state index in [4.69, 9.17) is 21.4 Å². The fraction of sp³-hybridized carbons (Fsp3) is 0.500. The van der Waals surface area contributed by atoms with E-state index in [0.717, 1.165) is 36.3 Å². The molecule has 0 radical (unpaired) electrons. The predicted molar refractivity (Wildman–Crippen MR) is 113 cm³/mol. The van der Waals surface area contributed by atoms with E-state index in [9.17, 15) is 9.90 Å². The van der Waals surface area contributed by atoms with Gasteiger partial charge in [0.2, 0.25) is 0 Å². The van der Waals surface area contributed by atoms with Crippen LogP contribution in [0.1, 0.15) is 46.3 Å². The number of aryl methyl sites for hydroxylation is 2. The Bertz CT molecular complexity index is 790. The molecule has 0 amide bonds. The molecule has 1 aliphatic rings. The minimum absolute atomic E-state index is 0.0192. The fourth-order valence-corrected chi connectivity index (χ4v) is 5.33. The highest BCUT2D eigenvalue weighted by Gasteiger charge is 2.41. The van der Waals surface area contributed by atoms with E-state index in [1.54, 1.807) is 6.07 Å². The van der Waals surface area contributed by atoms with Crippen LogP contribution in [-0.4, -0.2) is 34.3 Å². The molecule has 6 heteroatoms. The minimum atomic E-state index is -0.875. The molecule has 1 fully saturated rings. The van der Waals surface area contributed by atoms with E-state index >= 15 is 0 Å². The van der Waals surface area contributed by atoms with Gasteiger partial charge in [0.15, 0.2) is 0 Å². The fourth-order valence-electron chi connectivity index (χ4n) is 3.95. The second-order valence-electron chi connectivity index (χ2n) is 7.42. The highest BCUT2D eigenvalue weighted by atomic mass is 35.5. The summed E-state index contributed by atoms with van der Waals surface area (Å²) in [4.78, 5) is 12.5. The molecule has 152 valence electrons.